The maximum Gasteiger partial charge on any atom is 0.317 e. The summed E-state index contributed by atoms with van der Waals surface area (Å²) in [7, 11) is 0. The van der Waals surface area contributed by atoms with Gasteiger partial charge in [0.15, 0.2) is 0 Å². The number of ketones is 1. The molecule has 0 aliphatic carbocycles. The third kappa shape index (κ3) is 3.39. The molecule has 0 amide bonds. The molecule has 0 saturated heterocycles. The van der Waals surface area contributed by atoms with Crippen LogP contribution in [-0.2, 0) is 14.3 Å². The van der Waals surface area contributed by atoms with Gasteiger partial charge in [0.2, 0.25) is 0 Å². The second-order valence-corrected chi connectivity index (χ2v) is 4.18. The van der Waals surface area contributed by atoms with Crippen LogP contribution in [0.1, 0.15) is 32.3 Å². The molecule has 0 saturated carbocycles. The van der Waals surface area contributed by atoms with Gasteiger partial charge in [-0.05, 0) is 31.5 Å². The molecular formula is C14H17FO3. The number of hydrogen-bond donors (Lipinski definition) is 0. The Bertz CT molecular complexity index is 425. The molecular weight excluding hydrogens is 235 g/mol. The van der Waals surface area contributed by atoms with Crippen molar-refractivity contribution in [1.82, 2.24) is 0 Å². The van der Waals surface area contributed by atoms with Crippen molar-refractivity contribution in [2.24, 2.45) is 5.92 Å². The van der Waals surface area contributed by atoms with Gasteiger partial charge in [-0.2, -0.15) is 0 Å². The Morgan fingerprint density at radius 3 is 2.28 bits per heavy atom. The van der Waals surface area contributed by atoms with Gasteiger partial charge in [-0.25, -0.2) is 4.39 Å². The lowest BCUT2D eigenvalue weighted by Gasteiger charge is -2.20. The van der Waals surface area contributed by atoms with E-state index in [1.807, 2.05) is 0 Å². The quantitative estimate of drug-likeness (QED) is 0.597. The maximum absolute atomic E-state index is 12.8. The molecule has 0 heterocycles. The number of halogens is 1. The Morgan fingerprint density at radius 1 is 1.28 bits per heavy atom. The first-order chi connectivity index (χ1) is 8.47. The van der Waals surface area contributed by atoms with E-state index in [1.54, 1.807) is 26.0 Å². The number of rotatable bonds is 5. The number of ether oxygens (including phenoxy) is 1. The second-order valence-electron chi connectivity index (χ2n) is 4.18. The zero-order valence-electron chi connectivity index (χ0n) is 10.8. The molecule has 1 aromatic carbocycles. The number of benzene rings is 1. The second kappa shape index (κ2) is 6.28. The lowest BCUT2D eigenvalue weighted by atomic mass is 9.85. The lowest BCUT2D eigenvalue weighted by molar-refractivity contribution is -0.151. The highest BCUT2D eigenvalue weighted by molar-refractivity contribution is 5.98. The summed E-state index contributed by atoms with van der Waals surface area (Å²) in [5, 5.41) is 0. The third-order valence-electron chi connectivity index (χ3n) is 2.87. The molecule has 0 N–H and O–H groups in total. The van der Waals surface area contributed by atoms with Crippen LogP contribution in [0.4, 0.5) is 4.39 Å². The molecule has 0 aliphatic rings. The van der Waals surface area contributed by atoms with E-state index in [-0.39, 0.29) is 24.1 Å². The van der Waals surface area contributed by atoms with Crippen LogP contribution in [0.2, 0.25) is 0 Å². The van der Waals surface area contributed by atoms with Crippen LogP contribution in [0.3, 0.4) is 0 Å². The molecule has 0 bridgehead atoms. The number of hydrogen-bond acceptors (Lipinski definition) is 3. The summed E-state index contributed by atoms with van der Waals surface area (Å²) in [6.07, 6.45) is 0. The summed E-state index contributed by atoms with van der Waals surface area (Å²) in [5.41, 5.74) is 0.740. The molecule has 1 rings (SSSR count). The Hall–Kier alpha value is -1.71. The first kappa shape index (κ1) is 14.4. The Balaban J connectivity index is 2.95. The summed E-state index contributed by atoms with van der Waals surface area (Å²) >= 11 is 0. The topological polar surface area (TPSA) is 43.4 Å². The third-order valence-corrected chi connectivity index (χ3v) is 2.87. The molecule has 0 radical (unpaired) electrons. The highest BCUT2D eigenvalue weighted by Gasteiger charge is 2.31. The molecule has 1 aromatic rings. The average Bonchev–Trinajstić information content (AvgIpc) is 2.29. The highest BCUT2D eigenvalue weighted by atomic mass is 19.1. The van der Waals surface area contributed by atoms with E-state index in [2.05, 4.69) is 0 Å². The van der Waals surface area contributed by atoms with E-state index in [1.165, 1.54) is 19.1 Å². The first-order valence-corrected chi connectivity index (χ1v) is 5.90. The van der Waals surface area contributed by atoms with Crippen LogP contribution in [-0.4, -0.2) is 18.4 Å². The Labute approximate surface area is 106 Å². The lowest BCUT2D eigenvalue weighted by Crippen LogP contribution is -2.29. The molecule has 4 heteroatoms. The van der Waals surface area contributed by atoms with Crippen molar-refractivity contribution in [3.63, 3.8) is 0 Å². The fourth-order valence-corrected chi connectivity index (χ4v) is 1.91. The first-order valence-electron chi connectivity index (χ1n) is 5.90. The zero-order valence-corrected chi connectivity index (χ0v) is 10.8. The largest absolute Gasteiger partial charge is 0.465 e. The van der Waals surface area contributed by atoms with E-state index in [0.29, 0.717) is 0 Å². The maximum atomic E-state index is 12.8. The van der Waals surface area contributed by atoms with Crippen LogP contribution in [0.25, 0.3) is 0 Å². The van der Waals surface area contributed by atoms with Crippen molar-refractivity contribution in [2.45, 2.75) is 26.7 Å². The van der Waals surface area contributed by atoms with Crippen molar-refractivity contribution in [3.05, 3.63) is 35.6 Å². The van der Waals surface area contributed by atoms with Gasteiger partial charge in [-0.3, -0.25) is 9.59 Å². The summed E-state index contributed by atoms with van der Waals surface area (Å²) in [5.74, 6) is -2.29. The highest BCUT2D eigenvalue weighted by Crippen LogP contribution is 2.26. The van der Waals surface area contributed by atoms with E-state index in [0.717, 1.165) is 5.56 Å². The SMILES string of the molecule is CCOC(=O)C(C(C)=O)C(C)c1ccc(F)cc1. The minimum Gasteiger partial charge on any atom is -0.465 e. The minimum atomic E-state index is -0.838. The van der Waals surface area contributed by atoms with E-state index >= 15 is 0 Å². The monoisotopic (exact) mass is 252 g/mol. The number of esters is 1. The fraction of sp³-hybridized carbons (Fsp3) is 0.429. The molecule has 18 heavy (non-hydrogen) atoms. The molecule has 0 fully saturated rings. The summed E-state index contributed by atoms with van der Waals surface area (Å²) in [6.45, 7) is 5.05. The van der Waals surface area contributed by atoms with Crippen molar-refractivity contribution in [3.8, 4) is 0 Å². The van der Waals surface area contributed by atoms with Crippen molar-refractivity contribution >= 4 is 11.8 Å². The van der Waals surface area contributed by atoms with E-state index < -0.39 is 11.9 Å². The van der Waals surface area contributed by atoms with Crippen LogP contribution >= 0.6 is 0 Å². The molecule has 0 aromatic heterocycles. The van der Waals surface area contributed by atoms with Crippen molar-refractivity contribution < 1.29 is 18.7 Å². The van der Waals surface area contributed by atoms with Gasteiger partial charge in [0.25, 0.3) is 0 Å². The fourth-order valence-electron chi connectivity index (χ4n) is 1.91. The van der Waals surface area contributed by atoms with Gasteiger partial charge in [0.05, 0.1) is 6.61 Å². The van der Waals surface area contributed by atoms with Crippen LogP contribution in [0.5, 0.6) is 0 Å². The Kier molecular flexibility index (Phi) is 5.01. The standard InChI is InChI=1S/C14H17FO3/c1-4-18-14(17)13(10(3)16)9(2)11-5-7-12(15)8-6-11/h5-9,13H,4H2,1-3H3. The molecule has 2 atom stereocenters. The minimum absolute atomic E-state index is 0.235. The predicted octanol–water partition coefficient (Wildman–Crippen LogP) is 2.70. The van der Waals surface area contributed by atoms with E-state index in [4.69, 9.17) is 4.74 Å². The van der Waals surface area contributed by atoms with Gasteiger partial charge >= 0.3 is 5.97 Å². The van der Waals surface area contributed by atoms with Gasteiger partial charge in [-0.15, -0.1) is 0 Å². The molecule has 0 spiro atoms. The number of carbonyl (C=O) groups is 2. The number of carbonyl (C=O) groups excluding carboxylic acids is 2. The van der Waals surface area contributed by atoms with Crippen LogP contribution in [0, 0.1) is 11.7 Å². The molecule has 0 aliphatic heterocycles. The summed E-state index contributed by atoms with van der Waals surface area (Å²) in [6, 6.07) is 5.78. The van der Waals surface area contributed by atoms with Gasteiger partial charge < -0.3 is 4.74 Å². The van der Waals surface area contributed by atoms with Crippen LogP contribution < -0.4 is 0 Å². The Morgan fingerprint density at radius 2 is 1.83 bits per heavy atom. The smallest absolute Gasteiger partial charge is 0.317 e. The van der Waals surface area contributed by atoms with Crippen molar-refractivity contribution in [2.75, 3.05) is 6.61 Å². The van der Waals surface area contributed by atoms with Gasteiger partial charge in [0.1, 0.15) is 17.5 Å². The summed E-state index contributed by atoms with van der Waals surface area (Å²) < 4.78 is 17.7. The zero-order chi connectivity index (χ0) is 13.7. The molecule has 98 valence electrons. The molecule has 3 nitrogen and oxygen atoms in total. The predicted molar refractivity (Wildman–Crippen MR) is 65.6 cm³/mol. The van der Waals surface area contributed by atoms with Crippen LogP contribution in [0.15, 0.2) is 24.3 Å². The summed E-state index contributed by atoms with van der Waals surface area (Å²) in [4.78, 5) is 23.3. The van der Waals surface area contributed by atoms with E-state index in [9.17, 15) is 14.0 Å². The molecule has 2 unspecified atom stereocenters. The normalized spacial score (nSPS) is 13.8. The average molecular weight is 252 g/mol. The van der Waals surface area contributed by atoms with Gasteiger partial charge in [-0.1, -0.05) is 19.1 Å². The van der Waals surface area contributed by atoms with Gasteiger partial charge in [0, 0.05) is 5.92 Å². The number of Topliss-reactive ketones (excluding diaryl/α,β-unsaturated/α-hetero) is 1. The van der Waals surface area contributed by atoms with Crippen molar-refractivity contribution in [1.29, 1.82) is 0 Å².